The van der Waals surface area contributed by atoms with E-state index in [4.69, 9.17) is 14.8 Å². The zero-order valence-corrected chi connectivity index (χ0v) is 21.2. The zero-order valence-electron chi connectivity index (χ0n) is 18.8. The molecule has 1 aromatic heterocycles. The van der Waals surface area contributed by atoms with Crippen molar-refractivity contribution in [3.63, 3.8) is 0 Å². The molecule has 5 rings (SSSR count). The lowest BCUT2D eigenvalue weighted by Gasteiger charge is -2.28. The number of esters is 1. The van der Waals surface area contributed by atoms with Crippen LogP contribution in [0.5, 0.6) is 0 Å². The molecule has 0 saturated carbocycles. The molecule has 1 aliphatic heterocycles. The minimum Gasteiger partial charge on any atom is -0.463 e. The molecule has 172 valence electrons. The number of hydrogen-bond acceptors (Lipinski definition) is 6. The normalized spacial score (nSPS) is 15.2. The largest absolute Gasteiger partial charge is 0.463 e. The highest BCUT2D eigenvalue weighted by Crippen LogP contribution is 2.37. The molecule has 8 heteroatoms. The molecule has 6 nitrogen and oxygen atoms in total. The predicted octanol–water partition coefficient (Wildman–Crippen LogP) is 6.34. The molecule has 0 amide bonds. The molecule has 34 heavy (non-hydrogen) atoms. The second-order valence-electron chi connectivity index (χ2n) is 7.97. The number of rotatable bonds is 6. The van der Waals surface area contributed by atoms with Crippen molar-refractivity contribution in [3.05, 3.63) is 93.6 Å². The summed E-state index contributed by atoms with van der Waals surface area (Å²) in [6, 6.07) is 22.3. The number of benzene rings is 3. The summed E-state index contributed by atoms with van der Waals surface area (Å²) in [7, 11) is 0. The second-order valence-corrected chi connectivity index (χ2v) is 9.83. The number of hydrogen-bond donors (Lipinski definition) is 1. The van der Waals surface area contributed by atoms with Crippen LogP contribution in [0.25, 0.3) is 10.8 Å². The number of carbonyl (C=O) groups excluding carboxylic acids is 1. The average molecular weight is 535 g/mol. The number of anilines is 1. The van der Waals surface area contributed by atoms with Gasteiger partial charge < -0.3 is 10.1 Å². The van der Waals surface area contributed by atoms with Crippen LogP contribution in [0.3, 0.4) is 0 Å². The molecule has 1 aliphatic rings. The summed E-state index contributed by atoms with van der Waals surface area (Å²) >= 11 is 5.06. The number of ether oxygens (including phenoxy) is 1. The van der Waals surface area contributed by atoms with Crippen molar-refractivity contribution in [1.82, 2.24) is 14.8 Å². The van der Waals surface area contributed by atoms with Gasteiger partial charge in [-0.3, -0.25) is 0 Å². The van der Waals surface area contributed by atoms with Crippen molar-refractivity contribution in [1.29, 1.82) is 0 Å². The van der Waals surface area contributed by atoms with Crippen LogP contribution in [0.2, 0.25) is 0 Å². The van der Waals surface area contributed by atoms with Gasteiger partial charge in [-0.2, -0.15) is 4.98 Å². The third-order valence-electron chi connectivity index (χ3n) is 5.70. The first-order valence-corrected chi connectivity index (χ1v) is 12.8. The lowest BCUT2D eigenvalue weighted by Crippen LogP contribution is -2.29. The molecule has 0 radical (unpaired) electrons. The second kappa shape index (κ2) is 9.64. The number of aromatic nitrogens is 3. The molecule has 0 aliphatic carbocycles. The lowest BCUT2D eigenvalue weighted by molar-refractivity contribution is -0.139. The van der Waals surface area contributed by atoms with Gasteiger partial charge in [0.15, 0.2) is 0 Å². The number of fused-ring (bicyclic) bond motifs is 2. The summed E-state index contributed by atoms with van der Waals surface area (Å²) in [5, 5.41) is 11.1. The topological polar surface area (TPSA) is 69.0 Å². The standard InChI is InChI=1S/C26H23BrN4O2S/c1-3-33-24(32)22-16(2)28-25-29-26(30-31(25)23(22)19-10-12-21(27)13-11-19)34-15-17-8-9-18-6-4-5-7-20(18)14-17/h4-14,23H,3,15H2,1-2H3,(H,28,29,30)/t23-/m0/s1. The number of carbonyl (C=O) groups is 1. The fourth-order valence-electron chi connectivity index (χ4n) is 4.10. The average Bonchev–Trinajstić information content (AvgIpc) is 3.25. The summed E-state index contributed by atoms with van der Waals surface area (Å²) < 4.78 is 8.13. The van der Waals surface area contributed by atoms with Gasteiger partial charge in [0.1, 0.15) is 6.04 Å². The van der Waals surface area contributed by atoms with E-state index in [1.807, 2.05) is 37.3 Å². The van der Waals surface area contributed by atoms with Crippen LogP contribution in [0, 0.1) is 0 Å². The van der Waals surface area contributed by atoms with Crippen molar-refractivity contribution in [2.24, 2.45) is 0 Å². The quantitative estimate of drug-likeness (QED) is 0.230. The van der Waals surface area contributed by atoms with E-state index in [2.05, 4.69) is 57.6 Å². The van der Waals surface area contributed by atoms with E-state index >= 15 is 0 Å². The Bertz CT molecular complexity index is 1400. The van der Waals surface area contributed by atoms with Crippen molar-refractivity contribution in [3.8, 4) is 0 Å². The molecule has 0 saturated heterocycles. The van der Waals surface area contributed by atoms with Crippen LogP contribution < -0.4 is 5.32 Å². The molecule has 0 spiro atoms. The summed E-state index contributed by atoms with van der Waals surface area (Å²) in [5.74, 6) is 1.00. The lowest BCUT2D eigenvalue weighted by atomic mass is 9.96. The van der Waals surface area contributed by atoms with E-state index in [0.29, 0.717) is 23.3 Å². The first-order chi connectivity index (χ1) is 16.5. The van der Waals surface area contributed by atoms with E-state index in [1.54, 1.807) is 23.4 Å². The summed E-state index contributed by atoms with van der Waals surface area (Å²) in [6.45, 7) is 3.99. The third-order valence-corrected chi connectivity index (χ3v) is 7.13. The van der Waals surface area contributed by atoms with Crippen LogP contribution in [0.1, 0.15) is 31.0 Å². The highest BCUT2D eigenvalue weighted by Gasteiger charge is 2.35. The molecular formula is C26H23BrN4O2S. The minimum absolute atomic E-state index is 0.305. The highest BCUT2D eigenvalue weighted by molar-refractivity contribution is 9.10. The Labute approximate surface area is 210 Å². The Morgan fingerprint density at radius 1 is 1.12 bits per heavy atom. The Morgan fingerprint density at radius 3 is 2.65 bits per heavy atom. The SMILES string of the molecule is CCOC(=O)C1=C(C)Nc2nc(SCc3ccc4ccccc4c3)nn2[C@H]1c1ccc(Br)cc1. The van der Waals surface area contributed by atoms with Gasteiger partial charge in [0, 0.05) is 15.9 Å². The van der Waals surface area contributed by atoms with Gasteiger partial charge in [-0.1, -0.05) is 82.3 Å². The molecule has 0 unspecified atom stereocenters. The maximum atomic E-state index is 12.9. The maximum Gasteiger partial charge on any atom is 0.338 e. The minimum atomic E-state index is -0.425. The van der Waals surface area contributed by atoms with Gasteiger partial charge >= 0.3 is 5.97 Å². The van der Waals surface area contributed by atoms with Crippen LogP contribution in [-0.2, 0) is 15.3 Å². The maximum absolute atomic E-state index is 12.9. The summed E-state index contributed by atoms with van der Waals surface area (Å²) in [6.07, 6.45) is 0. The van der Waals surface area contributed by atoms with E-state index < -0.39 is 6.04 Å². The van der Waals surface area contributed by atoms with Crippen molar-refractivity contribution >= 4 is 50.4 Å². The number of halogens is 1. The fraction of sp³-hybridized carbons (Fsp3) is 0.192. The van der Waals surface area contributed by atoms with Crippen molar-refractivity contribution in [2.45, 2.75) is 30.8 Å². The third kappa shape index (κ3) is 4.48. The van der Waals surface area contributed by atoms with Gasteiger partial charge in [0.25, 0.3) is 0 Å². The first-order valence-electron chi connectivity index (χ1n) is 11.0. The number of allylic oxidation sites excluding steroid dienone is 1. The van der Waals surface area contributed by atoms with E-state index in [9.17, 15) is 4.79 Å². The van der Waals surface area contributed by atoms with Gasteiger partial charge in [0.2, 0.25) is 11.1 Å². The van der Waals surface area contributed by atoms with E-state index in [1.165, 1.54) is 16.3 Å². The van der Waals surface area contributed by atoms with Gasteiger partial charge in [-0.15, -0.1) is 5.10 Å². The Hall–Kier alpha value is -3.10. The van der Waals surface area contributed by atoms with Gasteiger partial charge in [-0.05, 0) is 47.9 Å². The van der Waals surface area contributed by atoms with Crippen LogP contribution in [0.15, 0.2) is 87.6 Å². The molecule has 0 bridgehead atoms. The van der Waals surface area contributed by atoms with E-state index in [0.717, 1.165) is 21.5 Å². The highest BCUT2D eigenvalue weighted by atomic mass is 79.9. The number of nitrogens with one attached hydrogen (secondary N) is 1. The molecule has 1 atom stereocenters. The summed E-state index contributed by atoms with van der Waals surface area (Å²) in [5.41, 5.74) is 3.39. The molecule has 0 fully saturated rings. The number of thioether (sulfide) groups is 1. The van der Waals surface area contributed by atoms with Crippen LogP contribution >= 0.6 is 27.7 Å². The van der Waals surface area contributed by atoms with Crippen molar-refractivity contribution in [2.75, 3.05) is 11.9 Å². The fourth-order valence-corrected chi connectivity index (χ4v) is 5.13. The Balaban J connectivity index is 1.46. The number of nitrogens with zero attached hydrogens (tertiary/aromatic N) is 3. The van der Waals surface area contributed by atoms with Crippen molar-refractivity contribution < 1.29 is 9.53 Å². The molecule has 4 aromatic rings. The monoisotopic (exact) mass is 534 g/mol. The van der Waals surface area contributed by atoms with Gasteiger partial charge in [-0.25, -0.2) is 9.48 Å². The smallest absolute Gasteiger partial charge is 0.338 e. The van der Waals surface area contributed by atoms with Gasteiger partial charge in [0.05, 0.1) is 12.2 Å². The Morgan fingerprint density at radius 2 is 1.88 bits per heavy atom. The zero-order chi connectivity index (χ0) is 23.7. The van der Waals surface area contributed by atoms with Crippen LogP contribution in [0.4, 0.5) is 5.95 Å². The predicted molar refractivity (Wildman–Crippen MR) is 139 cm³/mol. The summed E-state index contributed by atoms with van der Waals surface area (Å²) in [4.78, 5) is 17.6. The Kier molecular flexibility index (Phi) is 6.43. The molecule has 3 aromatic carbocycles. The molecule has 1 N–H and O–H groups in total. The molecule has 2 heterocycles. The van der Waals surface area contributed by atoms with E-state index in [-0.39, 0.29) is 5.97 Å². The molecular weight excluding hydrogens is 512 g/mol. The van der Waals surface area contributed by atoms with Crippen LogP contribution in [-0.4, -0.2) is 27.3 Å². The first kappa shape index (κ1) is 22.7.